The van der Waals surface area contributed by atoms with Crippen molar-refractivity contribution < 1.29 is 9.53 Å². The molecule has 1 aliphatic rings. The number of hydrogen-bond donors (Lipinski definition) is 1. The van der Waals surface area contributed by atoms with E-state index in [4.69, 9.17) is 4.74 Å². The summed E-state index contributed by atoms with van der Waals surface area (Å²) in [5.74, 6) is 1.10. The molecule has 4 nitrogen and oxygen atoms in total. The van der Waals surface area contributed by atoms with Gasteiger partial charge in [-0.05, 0) is 44.9 Å². The molecular weight excluding hydrogens is 264 g/mol. The van der Waals surface area contributed by atoms with Crippen molar-refractivity contribution in [3.63, 3.8) is 0 Å². The fraction of sp³-hybridized carbons (Fsp3) is 0.588. The molecule has 2 rings (SSSR count). The topological polar surface area (TPSA) is 41.6 Å². The second-order valence-electron chi connectivity index (χ2n) is 6.18. The predicted octanol–water partition coefficient (Wildman–Crippen LogP) is 2.22. The van der Waals surface area contributed by atoms with E-state index < -0.39 is 0 Å². The first-order chi connectivity index (χ1) is 10.0. The minimum absolute atomic E-state index is 0.211. The number of amides is 1. The van der Waals surface area contributed by atoms with Crippen LogP contribution in [-0.4, -0.2) is 44.1 Å². The minimum Gasteiger partial charge on any atom is -0.491 e. The molecule has 1 aromatic rings. The second-order valence-corrected chi connectivity index (χ2v) is 6.18. The van der Waals surface area contributed by atoms with Crippen LogP contribution in [0.15, 0.2) is 24.3 Å². The molecule has 116 valence electrons. The summed E-state index contributed by atoms with van der Waals surface area (Å²) < 4.78 is 5.77. The van der Waals surface area contributed by atoms with Gasteiger partial charge in [0.25, 0.3) is 0 Å². The highest BCUT2D eigenvalue weighted by Gasteiger charge is 2.36. The first-order valence-corrected chi connectivity index (χ1v) is 7.68. The van der Waals surface area contributed by atoms with Crippen LogP contribution in [0.2, 0.25) is 0 Å². The number of para-hydroxylation sites is 1. The number of benzene rings is 1. The fourth-order valence-electron chi connectivity index (χ4n) is 2.81. The Morgan fingerprint density at radius 3 is 2.86 bits per heavy atom. The lowest BCUT2D eigenvalue weighted by atomic mass is 9.81. The summed E-state index contributed by atoms with van der Waals surface area (Å²) in [6.07, 6.45) is 2.03. The van der Waals surface area contributed by atoms with Crippen LogP contribution < -0.4 is 10.1 Å². The first kappa shape index (κ1) is 15.8. The van der Waals surface area contributed by atoms with E-state index in [1.165, 1.54) is 0 Å². The van der Waals surface area contributed by atoms with Crippen molar-refractivity contribution in [1.29, 1.82) is 0 Å². The molecule has 0 aromatic heterocycles. The Balaban J connectivity index is 1.83. The molecule has 1 fully saturated rings. The van der Waals surface area contributed by atoms with Gasteiger partial charge in [-0.25, -0.2) is 0 Å². The van der Waals surface area contributed by atoms with Crippen LogP contribution in [0.1, 0.15) is 25.3 Å². The Bertz CT molecular complexity index is 481. The monoisotopic (exact) mass is 290 g/mol. The van der Waals surface area contributed by atoms with Crippen molar-refractivity contribution in [3.8, 4) is 5.75 Å². The third-order valence-corrected chi connectivity index (χ3v) is 4.24. The normalized spacial score (nSPS) is 21.9. The first-order valence-electron chi connectivity index (χ1n) is 7.68. The van der Waals surface area contributed by atoms with Crippen LogP contribution in [-0.2, 0) is 4.79 Å². The van der Waals surface area contributed by atoms with Gasteiger partial charge in [-0.3, -0.25) is 4.79 Å². The highest BCUT2D eigenvalue weighted by atomic mass is 16.5. The van der Waals surface area contributed by atoms with E-state index in [0.717, 1.165) is 37.2 Å². The van der Waals surface area contributed by atoms with Crippen molar-refractivity contribution in [3.05, 3.63) is 29.8 Å². The average molecular weight is 290 g/mol. The van der Waals surface area contributed by atoms with Gasteiger partial charge < -0.3 is 15.0 Å². The van der Waals surface area contributed by atoms with Gasteiger partial charge in [0.05, 0.1) is 12.0 Å². The number of aryl methyl sites for hydroxylation is 1. The van der Waals surface area contributed by atoms with Crippen molar-refractivity contribution in [2.75, 3.05) is 33.3 Å². The molecule has 1 saturated heterocycles. The molecule has 0 radical (unpaired) electrons. The largest absolute Gasteiger partial charge is 0.491 e. The van der Waals surface area contributed by atoms with Crippen molar-refractivity contribution in [2.45, 2.75) is 26.7 Å². The number of carbonyl (C=O) groups is 1. The van der Waals surface area contributed by atoms with E-state index in [9.17, 15) is 4.79 Å². The Morgan fingerprint density at radius 2 is 2.19 bits per heavy atom. The van der Waals surface area contributed by atoms with Gasteiger partial charge in [-0.2, -0.15) is 0 Å². The van der Waals surface area contributed by atoms with Gasteiger partial charge in [0, 0.05) is 13.6 Å². The molecule has 21 heavy (non-hydrogen) atoms. The van der Waals surface area contributed by atoms with Crippen molar-refractivity contribution >= 4 is 5.91 Å². The summed E-state index contributed by atoms with van der Waals surface area (Å²) in [6.45, 7) is 7.01. The Hall–Kier alpha value is -1.55. The predicted molar refractivity (Wildman–Crippen MR) is 84.5 cm³/mol. The number of nitrogens with one attached hydrogen (secondary N) is 1. The molecule has 0 saturated carbocycles. The molecule has 1 heterocycles. The maximum Gasteiger partial charge on any atom is 0.229 e. The van der Waals surface area contributed by atoms with Gasteiger partial charge in [0.1, 0.15) is 12.4 Å². The summed E-state index contributed by atoms with van der Waals surface area (Å²) in [4.78, 5) is 14.4. The summed E-state index contributed by atoms with van der Waals surface area (Å²) in [7, 11) is 1.86. The van der Waals surface area contributed by atoms with Gasteiger partial charge in [0.2, 0.25) is 5.91 Å². The van der Waals surface area contributed by atoms with Gasteiger partial charge >= 0.3 is 0 Å². The average Bonchev–Trinajstić information content (AvgIpc) is 2.49. The molecule has 1 unspecified atom stereocenters. The van der Waals surface area contributed by atoms with E-state index >= 15 is 0 Å². The summed E-state index contributed by atoms with van der Waals surface area (Å²) in [5, 5.41) is 3.32. The molecule has 1 atom stereocenters. The zero-order valence-electron chi connectivity index (χ0n) is 13.3. The standard InChI is InChI=1S/C17H26N2O2/c1-14-7-4-5-8-15(14)21-12-11-19(3)16(20)17(2)9-6-10-18-13-17/h4-5,7-8,18H,6,9-13H2,1-3H3. The highest BCUT2D eigenvalue weighted by Crippen LogP contribution is 2.27. The number of piperidine rings is 1. The Labute approximate surface area is 127 Å². The number of rotatable bonds is 5. The molecule has 4 heteroatoms. The van der Waals surface area contributed by atoms with Crippen LogP contribution in [0.4, 0.5) is 0 Å². The molecule has 1 amide bonds. The quantitative estimate of drug-likeness (QED) is 0.904. The molecule has 0 aliphatic carbocycles. The Morgan fingerprint density at radius 1 is 1.43 bits per heavy atom. The Kier molecular flexibility index (Phi) is 5.23. The zero-order valence-corrected chi connectivity index (χ0v) is 13.3. The van der Waals surface area contributed by atoms with E-state index in [1.807, 2.05) is 38.2 Å². The summed E-state index contributed by atoms with van der Waals surface area (Å²) >= 11 is 0. The molecule has 0 spiro atoms. The molecule has 1 aliphatic heterocycles. The third-order valence-electron chi connectivity index (χ3n) is 4.24. The summed E-state index contributed by atoms with van der Waals surface area (Å²) in [5.41, 5.74) is 0.852. The number of hydrogen-bond acceptors (Lipinski definition) is 3. The SMILES string of the molecule is Cc1ccccc1OCCN(C)C(=O)C1(C)CCCNC1. The van der Waals surface area contributed by atoms with E-state index in [-0.39, 0.29) is 11.3 Å². The van der Waals surface area contributed by atoms with E-state index in [1.54, 1.807) is 4.90 Å². The lowest BCUT2D eigenvalue weighted by molar-refractivity contribution is -0.141. The minimum atomic E-state index is -0.268. The van der Waals surface area contributed by atoms with Crippen LogP contribution in [0.25, 0.3) is 0 Å². The fourth-order valence-corrected chi connectivity index (χ4v) is 2.81. The van der Waals surface area contributed by atoms with Crippen LogP contribution in [0.5, 0.6) is 5.75 Å². The third kappa shape index (κ3) is 3.97. The molecule has 1 N–H and O–H groups in total. The van der Waals surface area contributed by atoms with Gasteiger partial charge in [-0.15, -0.1) is 0 Å². The number of ether oxygens (including phenoxy) is 1. The van der Waals surface area contributed by atoms with Crippen LogP contribution >= 0.6 is 0 Å². The smallest absolute Gasteiger partial charge is 0.229 e. The van der Waals surface area contributed by atoms with E-state index in [2.05, 4.69) is 12.2 Å². The second kappa shape index (κ2) is 6.94. The maximum atomic E-state index is 12.6. The zero-order chi connectivity index (χ0) is 15.3. The lowest BCUT2D eigenvalue weighted by Crippen LogP contribution is -2.49. The van der Waals surface area contributed by atoms with Gasteiger partial charge in [0.15, 0.2) is 0 Å². The number of nitrogens with zero attached hydrogens (tertiary/aromatic N) is 1. The van der Waals surface area contributed by atoms with Gasteiger partial charge in [-0.1, -0.05) is 18.2 Å². The van der Waals surface area contributed by atoms with E-state index in [0.29, 0.717) is 13.2 Å². The van der Waals surface area contributed by atoms with Crippen molar-refractivity contribution in [2.24, 2.45) is 5.41 Å². The van der Waals surface area contributed by atoms with Crippen molar-refractivity contribution in [1.82, 2.24) is 10.2 Å². The number of carbonyl (C=O) groups excluding carboxylic acids is 1. The number of likely N-dealkylation sites (N-methyl/N-ethyl adjacent to an activating group) is 1. The lowest BCUT2D eigenvalue weighted by Gasteiger charge is -2.36. The molecule has 0 bridgehead atoms. The molecule has 1 aromatic carbocycles. The maximum absolute atomic E-state index is 12.6. The van der Waals surface area contributed by atoms with Crippen LogP contribution in [0, 0.1) is 12.3 Å². The summed E-state index contributed by atoms with van der Waals surface area (Å²) in [6, 6.07) is 7.95. The van der Waals surface area contributed by atoms with Crippen LogP contribution in [0.3, 0.4) is 0 Å². The molecular formula is C17H26N2O2. The highest BCUT2D eigenvalue weighted by molar-refractivity contribution is 5.82.